The van der Waals surface area contributed by atoms with Gasteiger partial charge in [0.15, 0.2) is 0 Å². The number of allylic oxidation sites excluding steroid dienone is 2. The fourth-order valence-electron chi connectivity index (χ4n) is 7.51. The molecule has 0 aromatic heterocycles. The van der Waals surface area contributed by atoms with E-state index in [1.165, 1.54) is 44.9 Å². The lowest BCUT2D eigenvalue weighted by Gasteiger charge is -2.58. The lowest BCUT2D eigenvalue weighted by molar-refractivity contribution is -0.127. The molecule has 0 saturated heterocycles. The first-order valence-electron chi connectivity index (χ1n) is 10.1. The molecular weight excluding hydrogens is 280 g/mol. The quantitative estimate of drug-likeness (QED) is 0.560. The van der Waals surface area contributed by atoms with E-state index in [-0.39, 0.29) is 0 Å². The fourth-order valence-corrected chi connectivity index (χ4v) is 7.51. The van der Waals surface area contributed by atoms with Gasteiger partial charge < -0.3 is 0 Å². The highest BCUT2D eigenvalue weighted by Gasteiger charge is 2.59. The van der Waals surface area contributed by atoms with E-state index >= 15 is 0 Å². The molecule has 4 unspecified atom stereocenters. The molecule has 7 atom stereocenters. The molecule has 4 aliphatic carbocycles. The molecule has 0 aromatic carbocycles. The number of fused-ring (bicyclic) bond motifs is 5. The summed E-state index contributed by atoms with van der Waals surface area (Å²) < 4.78 is 0. The number of hydrogen-bond acceptors (Lipinski definition) is 1. The van der Waals surface area contributed by atoms with Crippen LogP contribution in [0.3, 0.4) is 0 Å². The zero-order chi connectivity index (χ0) is 16.4. The van der Waals surface area contributed by atoms with Crippen molar-refractivity contribution in [2.24, 2.45) is 40.4 Å². The highest BCUT2D eigenvalue weighted by Crippen LogP contribution is 2.66. The summed E-state index contributed by atoms with van der Waals surface area (Å²) in [4.78, 5) is 12.2. The molecule has 128 valence electrons. The Labute approximate surface area is 142 Å². The van der Waals surface area contributed by atoms with E-state index in [1.54, 1.807) is 5.57 Å². The summed E-state index contributed by atoms with van der Waals surface area (Å²) in [6.07, 6.45) is 13.2. The van der Waals surface area contributed by atoms with Crippen LogP contribution in [0.25, 0.3) is 0 Å². The van der Waals surface area contributed by atoms with Gasteiger partial charge in [0.25, 0.3) is 0 Å². The maximum atomic E-state index is 12.2. The molecule has 0 amide bonds. The molecule has 3 fully saturated rings. The first-order chi connectivity index (χ1) is 10.9. The van der Waals surface area contributed by atoms with E-state index < -0.39 is 0 Å². The van der Waals surface area contributed by atoms with Crippen LogP contribution >= 0.6 is 0 Å². The van der Waals surface area contributed by atoms with Gasteiger partial charge in [-0.25, -0.2) is 0 Å². The number of ketones is 1. The van der Waals surface area contributed by atoms with Crippen LogP contribution in [-0.4, -0.2) is 5.78 Å². The third-order valence-electron chi connectivity index (χ3n) is 8.84. The SMILES string of the molecule is CC(=O)C1CCC2C3CC=C4C[C@@H](C)CC[C@]4(C)C3CC[C@]12C. The Kier molecular flexibility index (Phi) is 3.60. The minimum Gasteiger partial charge on any atom is -0.300 e. The molecule has 0 aromatic rings. The highest BCUT2D eigenvalue weighted by atomic mass is 16.1. The topological polar surface area (TPSA) is 17.1 Å². The molecule has 1 nitrogen and oxygen atoms in total. The summed E-state index contributed by atoms with van der Waals surface area (Å²) in [5.74, 6) is 4.22. The average Bonchev–Trinajstić information content (AvgIpc) is 2.85. The van der Waals surface area contributed by atoms with Crippen LogP contribution in [0.4, 0.5) is 0 Å². The first kappa shape index (κ1) is 15.9. The van der Waals surface area contributed by atoms with Crippen LogP contribution in [0.2, 0.25) is 0 Å². The third kappa shape index (κ3) is 2.14. The van der Waals surface area contributed by atoms with Gasteiger partial charge in [0.2, 0.25) is 0 Å². The molecule has 0 heterocycles. The van der Waals surface area contributed by atoms with Crippen molar-refractivity contribution in [3.63, 3.8) is 0 Å². The monoisotopic (exact) mass is 314 g/mol. The van der Waals surface area contributed by atoms with E-state index in [2.05, 4.69) is 26.8 Å². The molecule has 0 spiro atoms. The van der Waals surface area contributed by atoms with Gasteiger partial charge in [-0.2, -0.15) is 0 Å². The number of rotatable bonds is 1. The summed E-state index contributed by atoms with van der Waals surface area (Å²) in [5.41, 5.74) is 2.57. The van der Waals surface area contributed by atoms with Crippen LogP contribution in [-0.2, 0) is 4.79 Å². The van der Waals surface area contributed by atoms with E-state index in [0.717, 1.165) is 30.1 Å². The van der Waals surface area contributed by atoms with Gasteiger partial charge in [0, 0.05) is 5.92 Å². The largest absolute Gasteiger partial charge is 0.300 e. The van der Waals surface area contributed by atoms with Gasteiger partial charge >= 0.3 is 0 Å². The maximum absolute atomic E-state index is 12.2. The van der Waals surface area contributed by atoms with E-state index in [1.807, 2.05) is 6.92 Å². The molecule has 23 heavy (non-hydrogen) atoms. The zero-order valence-corrected chi connectivity index (χ0v) is 15.5. The Balaban J connectivity index is 1.66. The molecule has 4 aliphatic rings. The average molecular weight is 315 g/mol. The molecule has 0 bridgehead atoms. The second-order valence-electron chi connectivity index (χ2n) is 9.89. The van der Waals surface area contributed by atoms with Crippen LogP contribution in [0.5, 0.6) is 0 Å². The molecule has 4 rings (SSSR count). The van der Waals surface area contributed by atoms with Crippen molar-refractivity contribution in [1.82, 2.24) is 0 Å². The smallest absolute Gasteiger partial charge is 0.133 e. The maximum Gasteiger partial charge on any atom is 0.133 e. The van der Waals surface area contributed by atoms with Crippen LogP contribution in [0.1, 0.15) is 79.1 Å². The summed E-state index contributed by atoms with van der Waals surface area (Å²) in [5, 5.41) is 0. The minimum atomic E-state index is 0.302. The number of hydrogen-bond donors (Lipinski definition) is 0. The Bertz CT molecular complexity index is 546. The predicted octanol–water partition coefficient (Wildman–Crippen LogP) is 5.79. The molecule has 0 N–H and O–H groups in total. The van der Waals surface area contributed by atoms with E-state index in [0.29, 0.717) is 22.5 Å². The molecule has 1 heteroatoms. The first-order valence-corrected chi connectivity index (χ1v) is 10.1. The van der Waals surface area contributed by atoms with Gasteiger partial charge in [-0.1, -0.05) is 32.4 Å². The van der Waals surface area contributed by atoms with Gasteiger partial charge in [-0.3, -0.25) is 4.79 Å². The van der Waals surface area contributed by atoms with Crippen LogP contribution in [0.15, 0.2) is 11.6 Å². The Hall–Kier alpha value is -0.590. The van der Waals surface area contributed by atoms with E-state index in [9.17, 15) is 4.79 Å². The molecular formula is C22H34O. The van der Waals surface area contributed by atoms with Gasteiger partial charge in [0.05, 0.1) is 0 Å². The predicted molar refractivity (Wildman–Crippen MR) is 95.0 cm³/mol. The van der Waals surface area contributed by atoms with Crippen LogP contribution in [0, 0.1) is 40.4 Å². The van der Waals surface area contributed by atoms with Gasteiger partial charge in [-0.15, -0.1) is 0 Å². The van der Waals surface area contributed by atoms with Crippen molar-refractivity contribution >= 4 is 5.78 Å². The lowest BCUT2D eigenvalue weighted by Crippen LogP contribution is -2.50. The Morgan fingerprint density at radius 3 is 2.61 bits per heavy atom. The second-order valence-corrected chi connectivity index (χ2v) is 9.89. The normalized spacial score (nSPS) is 52.2. The number of carbonyl (C=O) groups is 1. The van der Waals surface area contributed by atoms with Crippen molar-refractivity contribution in [2.75, 3.05) is 0 Å². The third-order valence-corrected chi connectivity index (χ3v) is 8.84. The van der Waals surface area contributed by atoms with Crippen molar-refractivity contribution in [2.45, 2.75) is 79.1 Å². The van der Waals surface area contributed by atoms with Gasteiger partial charge in [-0.05, 0) is 92.8 Å². The van der Waals surface area contributed by atoms with Crippen molar-refractivity contribution < 1.29 is 4.79 Å². The number of Topliss-reactive ketones (excluding diaryl/α,β-unsaturated/α-hetero) is 1. The Morgan fingerprint density at radius 2 is 1.87 bits per heavy atom. The summed E-state index contributed by atoms with van der Waals surface area (Å²) in [6, 6.07) is 0. The van der Waals surface area contributed by atoms with Crippen LogP contribution < -0.4 is 0 Å². The zero-order valence-electron chi connectivity index (χ0n) is 15.5. The van der Waals surface area contributed by atoms with Crippen molar-refractivity contribution in [1.29, 1.82) is 0 Å². The molecule has 3 saturated carbocycles. The van der Waals surface area contributed by atoms with Crippen molar-refractivity contribution in [3.05, 3.63) is 11.6 Å². The molecule has 0 radical (unpaired) electrons. The second kappa shape index (κ2) is 5.20. The summed E-state index contributed by atoms with van der Waals surface area (Å²) in [6.45, 7) is 9.31. The van der Waals surface area contributed by atoms with Crippen molar-refractivity contribution in [3.8, 4) is 0 Å². The number of carbonyl (C=O) groups excluding carboxylic acids is 1. The molecule has 0 aliphatic heterocycles. The van der Waals surface area contributed by atoms with Gasteiger partial charge in [0.1, 0.15) is 5.78 Å². The highest BCUT2D eigenvalue weighted by molar-refractivity contribution is 5.79. The lowest BCUT2D eigenvalue weighted by atomic mass is 9.47. The minimum absolute atomic E-state index is 0.302. The standard InChI is InChI=1S/C22H34O/c1-14-9-11-21(3)16(13-14)5-6-17-19-8-7-18(15(2)23)22(19,4)12-10-20(17)21/h5,14,17-20H,6-13H2,1-4H3/t14-,17?,18?,19?,20?,21-,22+/m0/s1. The Morgan fingerprint density at radius 1 is 1.09 bits per heavy atom. The fraction of sp³-hybridized carbons (Fsp3) is 0.864. The van der Waals surface area contributed by atoms with E-state index in [4.69, 9.17) is 0 Å². The summed E-state index contributed by atoms with van der Waals surface area (Å²) >= 11 is 0. The summed E-state index contributed by atoms with van der Waals surface area (Å²) in [7, 11) is 0.